The molecule has 14 heteroatoms. The molecule has 3 aromatic rings. The molecule has 1 aromatic heterocycles. The number of amides is 3. The molecule has 12 nitrogen and oxygen atoms in total. The Morgan fingerprint density at radius 1 is 1.16 bits per heavy atom. The van der Waals surface area contributed by atoms with E-state index in [4.69, 9.17) is 4.84 Å². The normalized spacial score (nSPS) is 15.3. The molecule has 2 atom stereocenters. The highest BCUT2D eigenvalue weighted by atomic mass is 32.2. The fourth-order valence-electron chi connectivity index (χ4n) is 5.93. The standard InChI is InChI=1S/C35H48N6O6S2/c1-24(2)16-28-17-27(20-36-47-6)12-13-32(28)49(45,46)37-21-31(42)30(18-26-10-8-7-9-11-26)39-33(43)19-35(4,5)41-15-14-40(34(41)44)22-29-23-48-25(3)38-29/h7-13,17,20,23-24,30-31,37,42H,14-16,18-19,21-22H2,1-6H3,(H,39,43)/b36-20+/t30-,31+/m0/s1. The predicted octanol–water partition coefficient (Wildman–Crippen LogP) is 4.10. The van der Waals surface area contributed by atoms with E-state index in [0.717, 1.165) is 16.3 Å². The first-order valence-electron chi connectivity index (χ1n) is 16.4. The molecule has 4 rings (SSSR count). The third-order valence-electron chi connectivity index (χ3n) is 8.34. The Morgan fingerprint density at radius 2 is 1.90 bits per heavy atom. The lowest BCUT2D eigenvalue weighted by Gasteiger charge is -2.35. The quantitative estimate of drug-likeness (QED) is 0.141. The Balaban J connectivity index is 1.45. The van der Waals surface area contributed by atoms with Crippen molar-refractivity contribution in [1.29, 1.82) is 0 Å². The fraction of sp³-hybridized carbons (Fsp3) is 0.486. The van der Waals surface area contributed by atoms with Crippen LogP contribution in [0.25, 0.3) is 0 Å². The van der Waals surface area contributed by atoms with Gasteiger partial charge in [-0.1, -0.05) is 55.4 Å². The van der Waals surface area contributed by atoms with Crippen LogP contribution < -0.4 is 10.0 Å². The number of sulfonamides is 1. The van der Waals surface area contributed by atoms with Crippen molar-refractivity contribution in [2.75, 3.05) is 26.7 Å². The van der Waals surface area contributed by atoms with Gasteiger partial charge in [0.1, 0.15) is 7.11 Å². The molecule has 0 spiro atoms. The summed E-state index contributed by atoms with van der Waals surface area (Å²) in [5.41, 5.74) is 2.20. The number of hydrogen-bond acceptors (Lipinski definition) is 9. The summed E-state index contributed by atoms with van der Waals surface area (Å²) in [6.45, 7) is 10.7. The maximum Gasteiger partial charge on any atom is 0.320 e. The van der Waals surface area contributed by atoms with Crippen LogP contribution in [-0.4, -0.2) is 90.9 Å². The molecule has 1 saturated heterocycles. The number of nitrogens with zero attached hydrogens (tertiary/aromatic N) is 4. The van der Waals surface area contributed by atoms with E-state index in [0.29, 0.717) is 37.2 Å². The minimum Gasteiger partial charge on any atom is -0.399 e. The zero-order chi connectivity index (χ0) is 35.8. The first-order chi connectivity index (χ1) is 23.2. The number of rotatable bonds is 17. The van der Waals surface area contributed by atoms with Crippen LogP contribution in [0.4, 0.5) is 4.79 Å². The Labute approximate surface area is 293 Å². The van der Waals surface area contributed by atoms with Crippen molar-refractivity contribution < 1.29 is 28.0 Å². The molecule has 0 aliphatic carbocycles. The van der Waals surface area contributed by atoms with Crippen molar-refractivity contribution in [2.24, 2.45) is 11.1 Å². The maximum absolute atomic E-state index is 13.6. The van der Waals surface area contributed by atoms with E-state index < -0.39 is 27.7 Å². The van der Waals surface area contributed by atoms with Crippen LogP contribution in [0.15, 0.2) is 64.0 Å². The van der Waals surface area contributed by atoms with Crippen LogP contribution in [0.2, 0.25) is 0 Å². The largest absolute Gasteiger partial charge is 0.399 e. The molecule has 0 radical (unpaired) electrons. The number of carbonyl (C=O) groups is 2. The van der Waals surface area contributed by atoms with Crippen molar-refractivity contribution in [3.63, 3.8) is 0 Å². The Hall–Kier alpha value is -3.85. The summed E-state index contributed by atoms with van der Waals surface area (Å²) in [4.78, 5) is 39.7. The van der Waals surface area contributed by atoms with E-state index in [1.165, 1.54) is 30.7 Å². The average molecular weight is 713 g/mol. The van der Waals surface area contributed by atoms with Crippen molar-refractivity contribution >= 4 is 39.5 Å². The first-order valence-corrected chi connectivity index (χ1v) is 18.7. The summed E-state index contributed by atoms with van der Waals surface area (Å²) in [6.07, 6.45) is 1.02. The SMILES string of the molecule is CO/N=C/c1ccc(S(=O)(=O)NC[C@@H](O)[C@H](Cc2ccccc2)NC(=O)CC(C)(C)N2CCN(Cc3csc(C)n3)C2=O)c(CC(C)C)c1. The molecule has 2 aromatic carbocycles. The lowest BCUT2D eigenvalue weighted by Crippen LogP contribution is -2.53. The van der Waals surface area contributed by atoms with E-state index in [1.54, 1.807) is 21.9 Å². The molecule has 0 bridgehead atoms. The highest BCUT2D eigenvalue weighted by Gasteiger charge is 2.40. The molecule has 266 valence electrons. The van der Waals surface area contributed by atoms with Crippen molar-refractivity contribution in [3.05, 3.63) is 81.3 Å². The van der Waals surface area contributed by atoms with E-state index in [-0.39, 0.29) is 42.1 Å². The van der Waals surface area contributed by atoms with Crippen molar-refractivity contribution in [1.82, 2.24) is 24.8 Å². The van der Waals surface area contributed by atoms with Crippen LogP contribution in [-0.2, 0) is 39.0 Å². The van der Waals surface area contributed by atoms with Gasteiger partial charge < -0.3 is 25.1 Å². The molecular weight excluding hydrogens is 665 g/mol. The second-order valence-electron chi connectivity index (χ2n) is 13.4. The number of aliphatic hydroxyl groups excluding tert-OH is 1. The van der Waals surface area contributed by atoms with Crippen LogP contribution >= 0.6 is 11.3 Å². The molecule has 0 saturated carbocycles. The number of carbonyl (C=O) groups excluding carboxylic acids is 2. The number of aliphatic hydroxyl groups is 1. The zero-order valence-corrected chi connectivity index (χ0v) is 30.7. The summed E-state index contributed by atoms with van der Waals surface area (Å²) < 4.78 is 29.7. The molecular formula is C35H48N6O6S2. The third kappa shape index (κ3) is 10.6. The molecule has 0 unspecified atom stereocenters. The van der Waals surface area contributed by atoms with Crippen molar-refractivity contribution in [2.45, 2.75) is 83.0 Å². The predicted molar refractivity (Wildman–Crippen MR) is 191 cm³/mol. The minimum atomic E-state index is -4.03. The zero-order valence-electron chi connectivity index (χ0n) is 29.0. The Bertz CT molecular complexity index is 1710. The van der Waals surface area contributed by atoms with E-state index in [9.17, 15) is 23.1 Å². The number of urea groups is 1. The molecule has 3 N–H and O–H groups in total. The fourth-order valence-corrected chi connectivity index (χ4v) is 7.82. The molecule has 1 fully saturated rings. The highest BCUT2D eigenvalue weighted by Crippen LogP contribution is 2.26. The Kier molecular flexibility index (Phi) is 12.9. The number of aryl methyl sites for hydroxylation is 1. The highest BCUT2D eigenvalue weighted by molar-refractivity contribution is 7.89. The number of benzene rings is 2. The number of oxime groups is 1. The lowest BCUT2D eigenvalue weighted by molar-refractivity contribution is -0.124. The van der Waals surface area contributed by atoms with Crippen LogP contribution in [0.5, 0.6) is 0 Å². The van der Waals surface area contributed by atoms with Crippen LogP contribution in [0.1, 0.15) is 61.5 Å². The van der Waals surface area contributed by atoms with Gasteiger partial charge >= 0.3 is 6.03 Å². The van der Waals surface area contributed by atoms with Gasteiger partial charge in [-0.3, -0.25) is 4.79 Å². The van der Waals surface area contributed by atoms with Crippen LogP contribution in [0, 0.1) is 12.8 Å². The number of hydrogen-bond donors (Lipinski definition) is 3. The van der Waals surface area contributed by atoms with E-state index >= 15 is 0 Å². The Morgan fingerprint density at radius 3 is 2.55 bits per heavy atom. The summed E-state index contributed by atoms with van der Waals surface area (Å²) >= 11 is 1.54. The summed E-state index contributed by atoms with van der Waals surface area (Å²) in [5.74, 6) is -0.174. The van der Waals surface area contributed by atoms with Crippen LogP contribution in [0.3, 0.4) is 0 Å². The lowest BCUT2D eigenvalue weighted by atomic mass is 9.96. The van der Waals surface area contributed by atoms with Gasteiger partial charge in [0.2, 0.25) is 15.9 Å². The minimum absolute atomic E-state index is 0.0105. The topological polar surface area (TPSA) is 154 Å². The number of nitrogens with one attached hydrogen (secondary N) is 2. The van der Waals surface area contributed by atoms with Gasteiger partial charge in [-0.2, -0.15) is 0 Å². The second kappa shape index (κ2) is 16.7. The number of thiazole rings is 1. The molecule has 3 amide bonds. The monoisotopic (exact) mass is 712 g/mol. The maximum atomic E-state index is 13.6. The first kappa shape index (κ1) is 38.0. The average Bonchev–Trinajstić information content (AvgIpc) is 3.63. The smallest absolute Gasteiger partial charge is 0.320 e. The summed E-state index contributed by atoms with van der Waals surface area (Å²) in [6, 6.07) is 13.3. The summed E-state index contributed by atoms with van der Waals surface area (Å²) in [7, 11) is -2.59. The molecule has 1 aliphatic heterocycles. The number of aromatic nitrogens is 1. The molecule has 2 heterocycles. The van der Waals surface area contributed by atoms with E-state index in [2.05, 4.69) is 20.2 Å². The van der Waals surface area contributed by atoms with Gasteiger partial charge in [0.05, 0.1) is 40.5 Å². The second-order valence-corrected chi connectivity index (χ2v) is 16.2. The third-order valence-corrected chi connectivity index (χ3v) is 10.7. The van der Waals surface area contributed by atoms with E-state index in [1.807, 2.05) is 70.3 Å². The van der Waals surface area contributed by atoms with Gasteiger partial charge in [-0.25, -0.2) is 22.9 Å². The molecule has 49 heavy (non-hydrogen) atoms. The molecule has 1 aliphatic rings. The van der Waals surface area contributed by atoms with Crippen molar-refractivity contribution in [3.8, 4) is 0 Å². The van der Waals surface area contributed by atoms with Gasteiger partial charge in [0.25, 0.3) is 0 Å². The van der Waals surface area contributed by atoms with Gasteiger partial charge in [-0.05, 0) is 68.4 Å². The van der Waals surface area contributed by atoms with Gasteiger partial charge in [-0.15, -0.1) is 11.3 Å². The van der Waals surface area contributed by atoms with Gasteiger partial charge in [0, 0.05) is 37.0 Å². The van der Waals surface area contributed by atoms with Gasteiger partial charge in [0.15, 0.2) is 0 Å². The summed E-state index contributed by atoms with van der Waals surface area (Å²) in [5, 5.41) is 21.0.